The molecule has 2 N–H and O–H groups in total. The van der Waals surface area contributed by atoms with E-state index in [9.17, 15) is 0 Å². The number of benzene rings is 1. The van der Waals surface area contributed by atoms with Crippen LogP contribution in [0, 0.1) is 0 Å². The number of aromatic nitrogens is 2. The van der Waals surface area contributed by atoms with Crippen molar-refractivity contribution < 1.29 is 4.52 Å². The average molecular weight is 288 g/mol. The highest BCUT2D eigenvalue weighted by Crippen LogP contribution is 2.13. The predicted molar refractivity (Wildman–Crippen MR) is 82.9 cm³/mol. The van der Waals surface area contributed by atoms with Gasteiger partial charge < -0.3 is 15.2 Å². The van der Waals surface area contributed by atoms with Crippen LogP contribution in [0.15, 0.2) is 28.8 Å². The number of hydrogen-bond donors (Lipinski definition) is 1. The molecule has 1 aromatic heterocycles. The van der Waals surface area contributed by atoms with Crippen molar-refractivity contribution in [2.24, 2.45) is 5.73 Å². The normalized spacial score (nSPS) is 11.2. The van der Waals surface area contributed by atoms with Crippen LogP contribution < -0.4 is 5.73 Å². The Morgan fingerprint density at radius 1 is 1.14 bits per heavy atom. The molecule has 0 fully saturated rings. The van der Waals surface area contributed by atoms with Crippen LogP contribution in [0.2, 0.25) is 0 Å². The van der Waals surface area contributed by atoms with Crippen molar-refractivity contribution in [3.05, 3.63) is 47.1 Å². The molecule has 0 aliphatic heterocycles. The lowest BCUT2D eigenvalue weighted by Gasteiger charge is -2.16. The van der Waals surface area contributed by atoms with Crippen molar-refractivity contribution in [3.63, 3.8) is 0 Å². The van der Waals surface area contributed by atoms with Gasteiger partial charge in [-0.15, -0.1) is 0 Å². The molecule has 0 spiro atoms. The van der Waals surface area contributed by atoms with Gasteiger partial charge in [0.25, 0.3) is 0 Å². The molecule has 1 heterocycles. The lowest BCUT2D eigenvalue weighted by Crippen LogP contribution is -2.25. The standard InChI is InChI=1S/C16H24N4O/c1-3-20(4-2)10-9-15-18-16(21-19-15)11-13-7-5-6-8-14(13)12-17/h5-8H,3-4,9-12,17H2,1-2H3. The minimum absolute atomic E-state index is 0.527. The van der Waals surface area contributed by atoms with Gasteiger partial charge in [0.2, 0.25) is 5.89 Å². The Labute approximate surface area is 126 Å². The fraction of sp³-hybridized carbons (Fsp3) is 0.500. The zero-order valence-corrected chi connectivity index (χ0v) is 12.9. The Hall–Kier alpha value is -1.72. The van der Waals surface area contributed by atoms with E-state index in [0.717, 1.165) is 43.0 Å². The van der Waals surface area contributed by atoms with E-state index in [2.05, 4.69) is 35.0 Å². The van der Waals surface area contributed by atoms with Gasteiger partial charge in [0.1, 0.15) is 0 Å². The number of likely N-dealkylation sites (N-methyl/N-ethyl adjacent to an activating group) is 1. The predicted octanol–water partition coefficient (Wildman–Crippen LogP) is 2.00. The van der Waals surface area contributed by atoms with Crippen LogP contribution in [-0.4, -0.2) is 34.7 Å². The molecule has 0 aliphatic carbocycles. The summed E-state index contributed by atoms with van der Waals surface area (Å²) in [6.07, 6.45) is 1.47. The first-order valence-corrected chi connectivity index (χ1v) is 7.57. The Balaban J connectivity index is 1.97. The Kier molecular flexibility index (Phi) is 5.90. The molecule has 2 rings (SSSR count). The fourth-order valence-electron chi connectivity index (χ4n) is 2.35. The average Bonchev–Trinajstić information content (AvgIpc) is 2.96. The summed E-state index contributed by atoms with van der Waals surface area (Å²) < 4.78 is 5.35. The van der Waals surface area contributed by atoms with Crippen molar-refractivity contribution in [2.75, 3.05) is 19.6 Å². The second-order valence-corrected chi connectivity index (χ2v) is 5.03. The van der Waals surface area contributed by atoms with E-state index in [1.54, 1.807) is 0 Å². The van der Waals surface area contributed by atoms with E-state index in [0.29, 0.717) is 18.9 Å². The molecular weight excluding hydrogens is 264 g/mol. The van der Waals surface area contributed by atoms with Gasteiger partial charge in [-0.25, -0.2) is 0 Å². The summed E-state index contributed by atoms with van der Waals surface area (Å²) in [5.74, 6) is 1.44. The van der Waals surface area contributed by atoms with Crippen LogP contribution >= 0.6 is 0 Å². The van der Waals surface area contributed by atoms with Crippen LogP contribution in [-0.2, 0) is 19.4 Å². The second-order valence-electron chi connectivity index (χ2n) is 5.03. The second kappa shape index (κ2) is 7.90. The van der Waals surface area contributed by atoms with Crippen molar-refractivity contribution >= 4 is 0 Å². The van der Waals surface area contributed by atoms with Gasteiger partial charge in [0, 0.05) is 19.5 Å². The number of hydrogen-bond acceptors (Lipinski definition) is 5. The molecule has 0 unspecified atom stereocenters. The zero-order chi connectivity index (χ0) is 15.1. The highest BCUT2D eigenvalue weighted by atomic mass is 16.5. The molecule has 0 aliphatic rings. The summed E-state index contributed by atoms with van der Waals surface area (Å²) >= 11 is 0. The van der Waals surface area contributed by atoms with E-state index in [-0.39, 0.29) is 0 Å². The Morgan fingerprint density at radius 2 is 1.86 bits per heavy atom. The van der Waals surface area contributed by atoms with Gasteiger partial charge in [-0.3, -0.25) is 0 Å². The summed E-state index contributed by atoms with van der Waals surface area (Å²) in [6.45, 7) is 7.91. The third-order valence-electron chi connectivity index (χ3n) is 3.74. The maximum Gasteiger partial charge on any atom is 0.231 e. The summed E-state index contributed by atoms with van der Waals surface area (Å²) in [6, 6.07) is 8.09. The van der Waals surface area contributed by atoms with Crippen LogP contribution in [0.5, 0.6) is 0 Å². The monoisotopic (exact) mass is 288 g/mol. The molecule has 5 heteroatoms. The van der Waals surface area contributed by atoms with Gasteiger partial charge in [0.05, 0.1) is 6.42 Å². The third-order valence-corrected chi connectivity index (χ3v) is 3.74. The molecule has 21 heavy (non-hydrogen) atoms. The molecule has 5 nitrogen and oxygen atoms in total. The van der Waals surface area contributed by atoms with Crippen molar-refractivity contribution in [1.29, 1.82) is 0 Å². The molecule has 1 aromatic carbocycles. The minimum atomic E-state index is 0.527. The van der Waals surface area contributed by atoms with Gasteiger partial charge in [-0.2, -0.15) is 4.98 Å². The van der Waals surface area contributed by atoms with Gasteiger partial charge in [-0.05, 0) is 24.2 Å². The molecule has 0 radical (unpaired) electrons. The molecule has 0 saturated carbocycles. The quantitative estimate of drug-likeness (QED) is 0.804. The smallest absolute Gasteiger partial charge is 0.231 e. The van der Waals surface area contributed by atoms with Gasteiger partial charge >= 0.3 is 0 Å². The topological polar surface area (TPSA) is 68.2 Å². The highest BCUT2D eigenvalue weighted by molar-refractivity contribution is 5.28. The lowest BCUT2D eigenvalue weighted by molar-refractivity contribution is 0.302. The highest BCUT2D eigenvalue weighted by Gasteiger charge is 2.10. The van der Waals surface area contributed by atoms with Gasteiger partial charge in [0.15, 0.2) is 5.82 Å². The Morgan fingerprint density at radius 3 is 2.52 bits per heavy atom. The van der Waals surface area contributed by atoms with Crippen LogP contribution in [0.1, 0.15) is 36.7 Å². The summed E-state index contributed by atoms with van der Waals surface area (Å²) in [5, 5.41) is 4.06. The number of nitrogens with two attached hydrogens (primary N) is 1. The summed E-state index contributed by atoms with van der Waals surface area (Å²) in [4.78, 5) is 6.82. The third kappa shape index (κ3) is 4.37. The SMILES string of the molecule is CCN(CC)CCc1noc(Cc2ccccc2CN)n1. The van der Waals surface area contributed by atoms with Crippen LogP contribution in [0.3, 0.4) is 0 Å². The first kappa shape index (κ1) is 15.7. The maximum atomic E-state index is 5.75. The van der Waals surface area contributed by atoms with Crippen LogP contribution in [0.25, 0.3) is 0 Å². The van der Waals surface area contributed by atoms with Crippen LogP contribution in [0.4, 0.5) is 0 Å². The van der Waals surface area contributed by atoms with E-state index in [4.69, 9.17) is 10.3 Å². The Bertz CT molecular complexity index is 549. The molecule has 114 valence electrons. The number of rotatable bonds is 8. The largest absolute Gasteiger partial charge is 0.339 e. The minimum Gasteiger partial charge on any atom is -0.339 e. The van der Waals surface area contributed by atoms with E-state index >= 15 is 0 Å². The molecule has 0 bridgehead atoms. The van der Waals surface area contributed by atoms with E-state index in [1.807, 2.05) is 18.2 Å². The first-order valence-electron chi connectivity index (χ1n) is 7.57. The summed E-state index contributed by atoms with van der Waals surface area (Å²) in [5.41, 5.74) is 8.03. The molecule has 0 saturated heterocycles. The van der Waals surface area contributed by atoms with Crippen molar-refractivity contribution in [2.45, 2.75) is 33.2 Å². The van der Waals surface area contributed by atoms with Crippen molar-refractivity contribution in [1.82, 2.24) is 15.0 Å². The van der Waals surface area contributed by atoms with E-state index < -0.39 is 0 Å². The maximum absolute atomic E-state index is 5.75. The lowest BCUT2D eigenvalue weighted by atomic mass is 10.0. The molecule has 0 amide bonds. The number of nitrogens with zero attached hydrogens (tertiary/aromatic N) is 3. The molecular formula is C16H24N4O. The van der Waals surface area contributed by atoms with Crippen molar-refractivity contribution in [3.8, 4) is 0 Å². The first-order chi connectivity index (χ1) is 10.3. The molecule has 2 aromatic rings. The fourth-order valence-corrected chi connectivity index (χ4v) is 2.35. The summed E-state index contributed by atoms with van der Waals surface area (Å²) in [7, 11) is 0. The van der Waals surface area contributed by atoms with Gasteiger partial charge in [-0.1, -0.05) is 43.3 Å². The molecule has 0 atom stereocenters. The van der Waals surface area contributed by atoms with E-state index in [1.165, 1.54) is 0 Å². The zero-order valence-electron chi connectivity index (χ0n) is 12.9.